The maximum Gasteiger partial charge on any atom is 0.123 e. The Hall–Kier alpha value is -0.550. The molecule has 0 bridgehead atoms. The lowest BCUT2D eigenvalue weighted by molar-refractivity contribution is 0.313. The van der Waals surface area contributed by atoms with E-state index in [0.717, 1.165) is 46.2 Å². The normalized spacial score (nSPS) is 10.8. The Bertz CT molecular complexity index is 559. The summed E-state index contributed by atoms with van der Waals surface area (Å²) in [7, 11) is 0. The fourth-order valence-electron chi connectivity index (χ4n) is 1.81. The van der Waals surface area contributed by atoms with Gasteiger partial charge in [0.25, 0.3) is 0 Å². The van der Waals surface area contributed by atoms with E-state index in [1.165, 1.54) is 4.88 Å². The van der Waals surface area contributed by atoms with E-state index in [0.29, 0.717) is 0 Å². The highest BCUT2D eigenvalue weighted by Gasteiger charge is 2.05. The Morgan fingerprint density at radius 2 is 2.10 bits per heavy atom. The summed E-state index contributed by atoms with van der Waals surface area (Å²) in [5, 5.41) is 3.43. The summed E-state index contributed by atoms with van der Waals surface area (Å²) in [6.45, 7) is 4.44. The molecule has 0 aliphatic rings. The van der Waals surface area contributed by atoms with E-state index < -0.39 is 0 Å². The van der Waals surface area contributed by atoms with E-state index in [9.17, 15) is 0 Å². The molecular weight excluding hydrogens is 358 g/mol. The van der Waals surface area contributed by atoms with Gasteiger partial charge in [-0.2, -0.15) is 0 Å². The average molecular weight is 375 g/mol. The lowest BCUT2D eigenvalue weighted by Gasteiger charge is -2.12. The van der Waals surface area contributed by atoms with Gasteiger partial charge in [-0.1, -0.05) is 34.5 Å². The van der Waals surface area contributed by atoms with Gasteiger partial charge in [0.05, 0.1) is 10.9 Å². The topological polar surface area (TPSA) is 21.3 Å². The Kier molecular flexibility index (Phi) is 6.36. The third-order valence-corrected chi connectivity index (χ3v) is 4.45. The third kappa shape index (κ3) is 4.77. The molecule has 1 N–H and O–H groups in total. The number of nitrogens with one attached hydrogen (secondary N) is 1. The van der Waals surface area contributed by atoms with Crippen molar-refractivity contribution in [2.45, 2.75) is 26.4 Å². The fraction of sp³-hybridized carbons (Fsp3) is 0.333. The Morgan fingerprint density at radius 1 is 1.25 bits per heavy atom. The van der Waals surface area contributed by atoms with Gasteiger partial charge in [-0.3, -0.25) is 0 Å². The van der Waals surface area contributed by atoms with Crippen LogP contribution >= 0.6 is 38.9 Å². The molecule has 5 heteroatoms. The number of hydrogen-bond donors (Lipinski definition) is 1. The van der Waals surface area contributed by atoms with Crippen LogP contribution < -0.4 is 10.1 Å². The molecule has 2 aromatic rings. The van der Waals surface area contributed by atoms with Crippen LogP contribution in [0.15, 0.2) is 34.8 Å². The molecule has 0 atom stereocenters. The smallest absolute Gasteiger partial charge is 0.123 e. The van der Waals surface area contributed by atoms with Crippen molar-refractivity contribution in [3.63, 3.8) is 0 Å². The lowest BCUT2D eigenvalue weighted by Crippen LogP contribution is -2.13. The summed E-state index contributed by atoms with van der Waals surface area (Å²) < 4.78 is 7.67. The molecule has 0 saturated carbocycles. The van der Waals surface area contributed by atoms with Crippen LogP contribution in [0.2, 0.25) is 4.34 Å². The van der Waals surface area contributed by atoms with Crippen molar-refractivity contribution in [3.05, 3.63) is 49.6 Å². The van der Waals surface area contributed by atoms with Crippen molar-refractivity contribution in [2.24, 2.45) is 0 Å². The van der Waals surface area contributed by atoms with Crippen molar-refractivity contribution >= 4 is 38.9 Å². The summed E-state index contributed by atoms with van der Waals surface area (Å²) in [6, 6.07) is 10.1. The van der Waals surface area contributed by atoms with Gasteiger partial charge in [0, 0.05) is 28.0 Å². The van der Waals surface area contributed by atoms with Crippen LogP contribution in [0.3, 0.4) is 0 Å². The molecule has 108 valence electrons. The van der Waals surface area contributed by atoms with Crippen molar-refractivity contribution in [1.82, 2.24) is 5.32 Å². The van der Waals surface area contributed by atoms with Gasteiger partial charge in [-0.15, -0.1) is 11.3 Å². The largest absolute Gasteiger partial charge is 0.493 e. The number of ether oxygens (including phenoxy) is 1. The summed E-state index contributed by atoms with van der Waals surface area (Å²) in [5.41, 5.74) is 1.16. The highest BCUT2D eigenvalue weighted by Crippen LogP contribution is 2.24. The number of halogens is 2. The highest BCUT2D eigenvalue weighted by molar-refractivity contribution is 9.10. The van der Waals surface area contributed by atoms with Crippen molar-refractivity contribution < 1.29 is 4.74 Å². The zero-order valence-corrected chi connectivity index (χ0v) is 14.4. The number of rotatable bonds is 7. The summed E-state index contributed by atoms with van der Waals surface area (Å²) in [6.07, 6.45) is 1.01. The first-order valence-electron chi connectivity index (χ1n) is 6.55. The molecule has 1 aromatic heterocycles. The van der Waals surface area contributed by atoms with Gasteiger partial charge in [-0.25, -0.2) is 0 Å². The lowest BCUT2D eigenvalue weighted by atomic mass is 10.2. The first-order chi connectivity index (χ1) is 9.69. The van der Waals surface area contributed by atoms with Crippen LogP contribution in [-0.2, 0) is 13.1 Å². The third-order valence-electron chi connectivity index (χ3n) is 2.73. The maximum atomic E-state index is 5.92. The van der Waals surface area contributed by atoms with E-state index in [2.05, 4.69) is 40.3 Å². The molecular formula is C15H17BrClNOS. The van der Waals surface area contributed by atoms with Crippen LogP contribution in [0.1, 0.15) is 23.8 Å². The van der Waals surface area contributed by atoms with Crippen molar-refractivity contribution in [2.75, 3.05) is 6.61 Å². The van der Waals surface area contributed by atoms with Crippen LogP contribution in [0, 0.1) is 0 Å². The van der Waals surface area contributed by atoms with Gasteiger partial charge in [0.1, 0.15) is 5.75 Å². The zero-order chi connectivity index (χ0) is 14.4. The quantitative estimate of drug-likeness (QED) is 0.715. The van der Waals surface area contributed by atoms with Crippen LogP contribution in [-0.4, -0.2) is 6.61 Å². The van der Waals surface area contributed by atoms with Crippen LogP contribution in [0.4, 0.5) is 0 Å². The highest BCUT2D eigenvalue weighted by atomic mass is 79.9. The fourth-order valence-corrected chi connectivity index (χ4v) is 3.27. The maximum absolute atomic E-state index is 5.92. The molecule has 2 rings (SSSR count). The van der Waals surface area contributed by atoms with E-state index in [1.807, 2.05) is 18.2 Å². The van der Waals surface area contributed by atoms with E-state index in [4.69, 9.17) is 16.3 Å². The van der Waals surface area contributed by atoms with Gasteiger partial charge in [-0.05, 0) is 36.8 Å². The summed E-state index contributed by atoms with van der Waals surface area (Å²) in [5.74, 6) is 0.951. The van der Waals surface area contributed by atoms with Crippen LogP contribution in [0.25, 0.3) is 0 Å². The van der Waals surface area contributed by atoms with Crippen molar-refractivity contribution in [3.8, 4) is 5.75 Å². The molecule has 1 heterocycles. The second-order valence-electron chi connectivity index (χ2n) is 4.41. The molecule has 0 spiro atoms. The van der Waals surface area contributed by atoms with Crippen molar-refractivity contribution in [1.29, 1.82) is 0 Å². The van der Waals surface area contributed by atoms with E-state index >= 15 is 0 Å². The Labute approximate surface area is 137 Å². The standard InChI is InChI=1S/C15H17BrClNOS/c1-2-7-19-14-5-3-12(16)8-11(14)9-18-10-13-4-6-15(17)20-13/h3-6,8,18H,2,7,9-10H2,1H3. The molecule has 1 aromatic carbocycles. The molecule has 0 aliphatic heterocycles. The first-order valence-corrected chi connectivity index (χ1v) is 8.54. The molecule has 0 saturated heterocycles. The molecule has 0 fully saturated rings. The SMILES string of the molecule is CCCOc1ccc(Br)cc1CNCc1ccc(Cl)s1. The second kappa shape index (κ2) is 8.03. The zero-order valence-electron chi connectivity index (χ0n) is 11.3. The van der Waals surface area contributed by atoms with Gasteiger partial charge < -0.3 is 10.1 Å². The number of thiophene rings is 1. The van der Waals surface area contributed by atoms with E-state index in [-0.39, 0.29) is 0 Å². The number of hydrogen-bond acceptors (Lipinski definition) is 3. The second-order valence-corrected chi connectivity index (χ2v) is 7.13. The first kappa shape index (κ1) is 15.8. The predicted molar refractivity (Wildman–Crippen MR) is 89.8 cm³/mol. The summed E-state index contributed by atoms with van der Waals surface area (Å²) in [4.78, 5) is 1.24. The Balaban J connectivity index is 1.95. The van der Waals surface area contributed by atoms with E-state index in [1.54, 1.807) is 11.3 Å². The summed E-state index contributed by atoms with van der Waals surface area (Å²) >= 11 is 11.0. The van der Waals surface area contributed by atoms with Gasteiger partial charge >= 0.3 is 0 Å². The minimum atomic E-state index is 0.745. The molecule has 0 aliphatic carbocycles. The minimum Gasteiger partial charge on any atom is -0.493 e. The molecule has 0 amide bonds. The molecule has 20 heavy (non-hydrogen) atoms. The monoisotopic (exact) mass is 373 g/mol. The molecule has 2 nitrogen and oxygen atoms in total. The van der Waals surface area contributed by atoms with Gasteiger partial charge in [0.2, 0.25) is 0 Å². The molecule has 0 unspecified atom stereocenters. The minimum absolute atomic E-state index is 0.745. The van der Waals surface area contributed by atoms with Gasteiger partial charge in [0.15, 0.2) is 0 Å². The predicted octanol–water partition coefficient (Wildman–Crippen LogP) is 5.24. The molecule has 0 radical (unpaired) electrons. The Morgan fingerprint density at radius 3 is 2.80 bits per heavy atom. The average Bonchev–Trinajstić information content (AvgIpc) is 2.84. The van der Waals surface area contributed by atoms with Crippen LogP contribution in [0.5, 0.6) is 5.75 Å². The number of benzene rings is 1.